The Hall–Kier alpha value is -1.95. The molecule has 4 nitrogen and oxygen atoms in total. The summed E-state index contributed by atoms with van der Waals surface area (Å²) < 4.78 is 18.7. The minimum Gasteiger partial charge on any atom is -0.494 e. The van der Waals surface area contributed by atoms with Crippen LogP contribution >= 0.6 is 11.3 Å². The first-order valence-electron chi connectivity index (χ1n) is 7.63. The van der Waals surface area contributed by atoms with Crippen molar-refractivity contribution in [2.45, 2.75) is 25.7 Å². The van der Waals surface area contributed by atoms with Gasteiger partial charge in [-0.2, -0.15) is 0 Å². The molecule has 0 bridgehead atoms. The monoisotopic (exact) mass is 334 g/mol. The average molecular weight is 334 g/mol. The first-order chi connectivity index (χ1) is 11.1. The van der Waals surface area contributed by atoms with Crippen LogP contribution in [0.3, 0.4) is 0 Å². The number of hydrogen-bond donors (Lipinski definition) is 0. The third-order valence-corrected chi connectivity index (χ3v) is 5.17. The number of amides is 1. The second-order valence-corrected chi connectivity index (χ2v) is 7.02. The lowest BCUT2D eigenvalue weighted by Gasteiger charge is -2.32. The Bertz CT molecular complexity index is 716. The molecule has 1 aromatic heterocycles. The summed E-state index contributed by atoms with van der Waals surface area (Å²) >= 11 is 1.69. The maximum Gasteiger partial charge on any atom is 0.253 e. The van der Waals surface area contributed by atoms with Crippen LogP contribution in [0.2, 0.25) is 0 Å². The molecule has 1 aliphatic heterocycles. The van der Waals surface area contributed by atoms with E-state index in [0.717, 1.165) is 17.8 Å². The van der Waals surface area contributed by atoms with Crippen molar-refractivity contribution in [2.75, 3.05) is 20.2 Å². The molecule has 0 N–H and O–H groups in total. The molecule has 2 aromatic rings. The molecule has 0 spiro atoms. The number of methoxy groups -OCH3 is 1. The number of rotatable bonds is 3. The van der Waals surface area contributed by atoms with Gasteiger partial charge in [0.05, 0.1) is 12.1 Å². The number of carbonyl (C=O) groups excluding carboxylic acids is 1. The van der Waals surface area contributed by atoms with Crippen molar-refractivity contribution in [2.24, 2.45) is 0 Å². The fourth-order valence-corrected chi connectivity index (χ4v) is 3.81. The van der Waals surface area contributed by atoms with E-state index in [2.05, 4.69) is 4.98 Å². The van der Waals surface area contributed by atoms with Crippen LogP contribution in [0.15, 0.2) is 24.4 Å². The maximum absolute atomic E-state index is 13.8. The van der Waals surface area contributed by atoms with Crippen LogP contribution in [0, 0.1) is 12.7 Å². The molecule has 1 aliphatic rings. The van der Waals surface area contributed by atoms with Crippen LogP contribution in [-0.4, -0.2) is 36.0 Å². The number of carbonyl (C=O) groups is 1. The molecule has 1 fully saturated rings. The number of nitrogens with zero attached hydrogens (tertiary/aromatic N) is 2. The van der Waals surface area contributed by atoms with Crippen LogP contribution in [0.5, 0.6) is 5.75 Å². The van der Waals surface area contributed by atoms with Gasteiger partial charge in [0, 0.05) is 35.6 Å². The van der Waals surface area contributed by atoms with E-state index in [1.165, 1.54) is 24.1 Å². The molecule has 23 heavy (non-hydrogen) atoms. The van der Waals surface area contributed by atoms with Gasteiger partial charge in [-0.15, -0.1) is 11.3 Å². The van der Waals surface area contributed by atoms with Crippen molar-refractivity contribution in [3.8, 4) is 5.75 Å². The molecule has 1 amide bonds. The molecule has 0 saturated carbocycles. The first kappa shape index (κ1) is 15.9. The molecule has 3 rings (SSSR count). The van der Waals surface area contributed by atoms with Crippen molar-refractivity contribution in [1.29, 1.82) is 0 Å². The molecule has 0 unspecified atom stereocenters. The first-order valence-corrected chi connectivity index (χ1v) is 8.45. The Labute approximate surface area is 138 Å². The van der Waals surface area contributed by atoms with Crippen molar-refractivity contribution >= 4 is 17.2 Å². The number of aromatic nitrogens is 1. The summed E-state index contributed by atoms with van der Waals surface area (Å²) in [5, 5.41) is 1.08. The topological polar surface area (TPSA) is 42.4 Å². The second kappa shape index (κ2) is 6.66. The standard InChI is InChI=1S/C17H19FN2O2S/c1-11-9-19-16(23-11)13-4-3-7-20(10-13)17(21)12-5-6-15(22-2)14(18)8-12/h5-6,8-9,13H,3-4,7,10H2,1-2H3/t13-/m1/s1. The minimum absolute atomic E-state index is 0.135. The normalized spacial score (nSPS) is 18.0. The Kier molecular flexibility index (Phi) is 4.61. The Morgan fingerprint density at radius 3 is 2.96 bits per heavy atom. The average Bonchev–Trinajstić information content (AvgIpc) is 3.01. The minimum atomic E-state index is -0.512. The highest BCUT2D eigenvalue weighted by Gasteiger charge is 2.27. The predicted octanol–water partition coefficient (Wildman–Crippen LogP) is 3.62. The highest BCUT2D eigenvalue weighted by Crippen LogP contribution is 2.30. The molecule has 0 radical (unpaired) electrons. The van der Waals surface area contributed by atoms with E-state index in [1.54, 1.807) is 22.3 Å². The SMILES string of the molecule is COc1ccc(C(=O)N2CCC[C@@H](c3ncc(C)s3)C2)cc1F. The zero-order chi connectivity index (χ0) is 16.4. The zero-order valence-electron chi connectivity index (χ0n) is 13.2. The molecule has 1 atom stereocenters. The third kappa shape index (κ3) is 3.37. The molecular formula is C17H19FN2O2S. The summed E-state index contributed by atoms with van der Waals surface area (Å²) in [6, 6.07) is 4.36. The maximum atomic E-state index is 13.8. The van der Waals surface area contributed by atoms with E-state index < -0.39 is 5.82 Å². The van der Waals surface area contributed by atoms with E-state index in [4.69, 9.17) is 4.74 Å². The largest absolute Gasteiger partial charge is 0.494 e. The van der Waals surface area contributed by atoms with Crippen LogP contribution in [0.25, 0.3) is 0 Å². The summed E-state index contributed by atoms with van der Waals surface area (Å²) in [7, 11) is 1.41. The van der Waals surface area contributed by atoms with Gasteiger partial charge in [-0.05, 0) is 38.0 Å². The van der Waals surface area contributed by atoms with Crippen molar-refractivity contribution in [3.05, 3.63) is 45.7 Å². The third-order valence-electron chi connectivity index (χ3n) is 4.10. The number of likely N-dealkylation sites (tertiary alicyclic amines) is 1. The van der Waals surface area contributed by atoms with Crippen molar-refractivity contribution < 1.29 is 13.9 Å². The smallest absolute Gasteiger partial charge is 0.253 e. The van der Waals surface area contributed by atoms with Gasteiger partial charge in [0.2, 0.25) is 0 Å². The number of thiazole rings is 1. The number of aryl methyl sites for hydroxylation is 1. The molecule has 1 saturated heterocycles. The van der Waals surface area contributed by atoms with Crippen LogP contribution in [0.4, 0.5) is 4.39 Å². The lowest BCUT2D eigenvalue weighted by molar-refractivity contribution is 0.0706. The molecule has 122 valence electrons. The van der Waals surface area contributed by atoms with Crippen LogP contribution < -0.4 is 4.74 Å². The Balaban J connectivity index is 1.75. The van der Waals surface area contributed by atoms with Crippen molar-refractivity contribution in [3.63, 3.8) is 0 Å². The summed E-state index contributed by atoms with van der Waals surface area (Å²) in [5.41, 5.74) is 0.360. The highest BCUT2D eigenvalue weighted by atomic mass is 32.1. The summed E-state index contributed by atoms with van der Waals surface area (Å²) in [5.74, 6) is -0.224. The Morgan fingerprint density at radius 1 is 1.48 bits per heavy atom. The predicted molar refractivity (Wildman–Crippen MR) is 87.7 cm³/mol. The second-order valence-electron chi connectivity index (χ2n) is 5.75. The number of halogens is 1. The zero-order valence-corrected chi connectivity index (χ0v) is 14.0. The van der Waals surface area contributed by atoms with Gasteiger partial charge in [0.25, 0.3) is 5.91 Å². The number of piperidine rings is 1. The van der Waals surface area contributed by atoms with E-state index in [-0.39, 0.29) is 17.6 Å². The van der Waals surface area contributed by atoms with Crippen molar-refractivity contribution in [1.82, 2.24) is 9.88 Å². The molecule has 2 heterocycles. The molecule has 0 aliphatic carbocycles. The fraction of sp³-hybridized carbons (Fsp3) is 0.412. The number of benzene rings is 1. The van der Waals surface area contributed by atoms with Gasteiger partial charge < -0.3 is 9.64 Å². The molecule has 6 heteroatoms. The quantitative estimate of drug-likeness (QED) is 0.861. The van der Waals surface area contributed by atoms with Gasteiger partial charge in [-0.1, -0.05) is 0 Å². The van der Waals surface area contributed by atoms with Crippen LogP contribution in [-0.2, 0) is 0 Å². The van der Waals surface area contributed by atoms with E-state index in [0.29, 0.717) is 18.7 Å². The van der Waals surface area contributed by atoms with Gasteiger partial charge in [0.15, 0.2) is 11.6 Å². The van der Waals surface area contributed by atoms with Crippen LogP contribution in [0.1, 0.15) is 39.0 Å². The van der Waals surface area contributed by atoms with Gasteiger partial charge in [-0.25, -0.2) is 9.37 Å². The molecule has 1 aromatic carbocycles. The molecular weight excluding hydrogens is 315 g/mol. The lowest BCUT2D eigenvalue weighted by atomic mass is 9.98. The number of ether oxygens (including phenoxy) is 1. The highest BCUT2D eigenvalue weighted by molar-refractivity contribution is 7.11. The van der Waals surface area contributed by atoms with Gasteiger partial charge in [0.1, 0.15) is 0 Å². The van der Waals surface area contributed by atoms with Gasteiger partial charge >= 0.3 is 0 Å². The van der Waals surface area contributed by atoms with E-state index >= 15 is 0 Å². The fourth-order valence-electron chi connectivity index (χ4n) is 2.91. The number of hydrogen-bond acceptors (Lipinski definition) is 4. The summed E-state index contributed by atoms with van der Waals surface area (Å²) in [4.78, 5) is 20.1. The summed E-state index contributed by atoms with van der Waals surface area (Å²) in [6.07, 6.45) is 3.85. The van der Waals surface area contributed by atoms with E-state index in [9.17, 15) is 9.18 Å². The van der Waals surface area contributed by atoms with E-state index in [1.807, 2.05) is 13.1 Å². The Morgan fingerprint density at radius 2 is 2.30 bits per heavy atom. The summed E-state index contributed by atoms with van der Waals surface area (Å²) in [6.45, 7) is 3.37. The lowest BCUT2D eigenvalue weighted by Crippen LogP contribution is -2.39. The van der Waals surface area contributed by atoms with Gasteiger partial charge in [-0.3, -0.25) is 4.79 Å².